The summed E-state index contributed by atoms with van der Waals surface area (Å²) in [6, 6.07) is 0. The summed E-state index contributed by atoms with van der Waals surface area (Å²) in [7, 11) is 0. The molecule has 0 radical (unpaired) electrons. The highest BCUT2D eigenvalue weighted by Crippen LogP contribution is 2.22. The zero-order valence-electron chi connectivity index (χ0n) is 12.3. The number of carboxylic acid groups (broad SMARTS) is 2. The summed E-state index contributed by atoms with van der Waals surface area (Å²) in [5.41, 5.74) is 0. The Morgan fingerprint density at radius 3 is 1.14 bits per heavy atom. The zero-order chi connectivity index (χ0) is 17.9. The van der Waals surface area contributed by atoms with Gasteiger partial charge < -0.3 is 19.7 Å². The molecule has 0 bridgehead atoms. The lowest BCUT2D eigenvalue weighted by Gasteiger charge is -2.25. The molecule has 0 aliphatic rings. The van der Waals surface area contributed by atoms with E-state index in [1.165, 1.54) is 27.7 Å². The SMILES string of the molecule is CC(C)(Br)C(=O)OC(C(=O)O)C(OC(=O)C(C)(C)Br)C(=O)O. The standard InChI is InChI=1S/C12H16Br2O8/c1-11(2,13)9(19)21-5(7(15)16)6(8(17)18)22-10(20)12(3,4)14/h5-6H,1-4H3,(H,15,16)(H,17,18). The van der Waals surface area contributed by atoms with Crippen LogP contribution in [0.3, 0.4) is 0 Å². The fraction of sp³-hybridized carbons (Fsp3) is 0.667. The van der Waals surface area contributed by atoms with Gasteiger partial charge in [0, 0.05) is 0 Å². The lowest BCUT2D eigenvalue weighted by Crippen LogP contribution is -2.49. The molecule has 0 aliphatic heterocycles. The summed E-state index contributed by atoms with van der Waals surface area (Å²) in [5, 5.41) is 18.1. The molecule has 8 nitrogen and oxygen atoms in total. The summed E-state index contributed by atoms with van der Waals surface area (Å²) in [6.07, 6.45) is -4.36. The van der Waals surface area contributed by atoms with Crippen molar-refractivity contribution in [3.8, 4) is 0 Å². The third-order valence-corrected chi connectivity index (χ3v) is 2.85. The van der Waals surface area contributed by atoms with Crippen molar-refractivity contribution in [1.29, 1.82) is 0 Å². The molecule has 0 aliphatic carbocycles. The molecule has 0 aromatic heterocycles. The normalized spacial score (nSPS) is 14.6. The number of ether oxygens (including phenoxy) is 2. The van der Waals surface area contributed by atoms with Crippen LogP contribution in [0.2, 0.25) is 0 Å². The van der Waals surface area contributed by atoms with E-state index >= 15 is 0 Å². The molecule has 10 heteroatoms. The maximum atomic E-state index is 11.7. The first kappa shape index (κ1) is 20.8. The average Bonchev–Trinajstić information content (AvgIpc) is 2.29. The van der Waals surface area contributed by atoms with Crippen molar-refractivity contribution in [2.24, 2.45) is 0 Å². The third-order valence-electron chi connectivity index (χ3n) is 2.20. The Morgan fingerprint density at radius 2 is 1.00 bits per heavy atom. The Balaban J connectivity index is 5.39. The number of hydrogen-bond acceptors (Lipinski definition) is 6. The summed E-state index contributed by atoms with van der Waals surface area (Å²) >= 11 is 5.92. The van der Waals surface area contributed by atoms with Gasteiger partial charge in [-0.3, -0.25) is 9.59 Å². The predicted octanol–water partition coefficient (Wildman–Crippen LogP) is 1.33. The van der Waals surface area contributed by atoms with E-state index in [9.17, 15) is 19.2 Å². The minimum atomic E-state index is -2.18. The van der Waals surface area contributed by atoms with Crippen LogP contribution < -0.4 is 0 Å². The second-order valence-corrected chi connectivity index (χ2v) is 9.24. The molecule has 0 saturated carbocycles. The third kappa shape index (κ3) is 6.30. The Hall–Kier alpha value is -1.16. The fourth-order valence-corrected chi connectivity index (χ4v) is 1.18. The van der Waals surface area contributed by atoms with Crippen molar-refractivity contribution in [2.45, 2.75) is 48.6 Å². The van der Waals surface area contributed by atoms with Crippen LogP contribution in [0.5, 0.6) is 0 Å². The highest BCUT2D eigenvalue weighted by atomic mass is 79.9. The average molecular weight is 448 g/mol. The number of rotatable bonds is 7. The van der Waals surface area contributed by atoms with E-state index in [4.69, 9.17) is 10.2 Å². The molecule has 2 N–H and O–H groups in total. The number of carbonyl (C=O) groups excluding carboxylic acids is 2. The number of aliphatic carboxylic acids is 2. The molecule has 0 rings (SSSR count). The highest BCUT2D eigenvalue weighted by molar-refractivity contribution is 9.10. The van der Waals surface area contributed by atoms with E-state index in [-0.39, 0.29) is 0 Å². The molecule has 0 heterocycles. The summed E-state index contributed by atoms with van der Waals surface area (Å²) in [4.78, 5) is 45.8. The van der Waals surface area contributed by atoms with Crippen LogP contribution in [0.4, 0.5) is 0 Å². The molecular weight excluding hydrogens is 432 g/mol. The minimum absolute atomic E-state index is 1.01. The van der Waals surface area contributed by atoms with Gasteiger partial charge in [-0.1, -0.05) is 31.9 Å². The van der Waals surface area contributed by atoms with E-state index in [2.05, 4.69) is 41.3 Å². The van der Waals surface area contributed by atoms with Crippen LogP contribution in [0.25, 0.3) is 0 Å². The molecule has 0 aromatic carbocycles. The van der Waals surface area contributed by atoms with Crippen LogP contribution in [-0.2, 0) is 28.7 Å². The number of carboxylic acids is 2. The Morgan fingerprint density at radius 1 is 0.773 bits per heavy atom. The number of halogens is 2. The lowest BCUT2D eigenvalue weighted by atomic mass is 10.1. The maximum Gasteiger partial charge on any atom is 0.349 e. The Kier molecular flexibility index (Phi) is 7.01. The molecule has 0 spiro atoms. The van der Waals surface area contributed by atoms with Gasteiger partial charge in [0.2, 0.25) is 12.2 Å². The van der Waals surface area contributed by atoms with E-state index in [1.54, 1.807) is 0 Å². The molecule has 0 saturated heterocycles. The van der Waals surface area contributed by atoms with E-state index in [0.29, 0.717) is 0 Å². The number of carbonyl (C=O) groups is 4. The molecule has 126 valence electrons. The van der Waals surface area contributed by atoms with Gasteiger partial charge in [0.1, 0.15) is 8.65 Å². The van der Waals surface area contributed by atoms with E-state index in [1.807, 2.05) is 0 Å². The van der Waals surface area contributed by atoms with Gasteiger partial charge >= 0.3 is 23.9 Å². The van der Waals surface area contributed by atoms with Crippen LogP contribution in [0, 0.1) is 0 Å². The largest absolute Gasteiger partial charge is 0.478 e. The molecule has 22 heavy (non-hydrogen) atoms. The monoisotopic (exact) mass is 446 g/mol. The molecule has 0 fully saturated rings. The second-order valence-electron chi connectivity index (χ2n) is 5.27. The lowest BCUT2D eigenvalue weighted by molar-refractivity contribution is -0.188. The molecule has 2 atom stereocenters. The van der Waals surface area contributed by atoms with Gasteiger partial charge in [-0.2, -0.15) is 0 Å². The second kappa shape index (κ2) is 7.40. The van der Waals surface area contributed by atoms with Crippen LogP contribution in [0.15, 0.2) is 0 Å². The highest BCUT2D eigenvalue weighted by Gasteiger charge is 2.44. The van der Waals surface area contributed by atoms with E-state index in [0.717, 1.165) is 0 Å². The van der Waals surface area contributed by atoms with Crippen LogP contribution in [0.1, 0.15) is 27.7 Å². The summed E-state index contributed by atoms with van der Waals surface area (Å²) < 4.78 is 6.84. The van der Waals surface area contributed by atoms with Crippen molar-refractivity contribution >= 4 is 55.7 Å². The van der Waals surface area contributed by atoms with Crippen LogP contribution >= 0.6 is 31.9 Å². The van der Waals surface area contributed by atoms with Crippen molar-refractivity contribution in [2.75, 3.05) is 0 Å². The molecule has 0 amide bonds. The molecule has 0 aromatic rings. The maximum absolute atomic E-state index is 11.7. The first-order valence-electron chi connectivity index (χ1n) is 5.93. The zero-order valence-corrected chi connectivity index (χ0v) is 15.4. The van der Waals surface area contributed by atoms with Crippen molar-refractivity contribution in [3.05, 3.63) is 0 Å². The Bertz CT molecular complexity index is 430. The minimum Gasteiger partial charge on any atom is -0.478 e. The predicted molar refractivity (Wildman–Crippen MR) is 81.0 cm³/mol. The van der Waals surface area contributed by atoms with Crippen LogP contribution in [-0.4, -0.2) is 54.9 Å². The first-order chi connectivity index (χ1) is 9.67. The smallest absolute Gasteiger partial charge is 0.349 e. The fourth-order valence-electron chi connectivity index (χ4n) is 0.994. The topological polar surface area (TPSA) is 127 Å². The van der Waals surface area contributed by atoms with E-state index < -0.39 is 44.7 Å². The number of esters is 2. The van der Waals surface area contributed by atoms with Gasteiger partial charge in [-0.25, -0.2) is 9.59 Å². The molecule has 2 unspecified atom stereocenters. The van der Waals surface area contributed by atoms with Crippen molar-refractivity contribution in [3.63, 3.8) is 0 Å². The number of alkyl halides is 2. The molecular formula is C12H16Br2O8. The summed E-state index contributed by atoms with van der Waals surface area (Å²) in [6.45, 7) is 5.55. The Labute approximate surface area is 143 Å². The van der Waals surface area contributed by atoms with Gasteiger partial charge in [0.05, 0.1) is 0 Å². The van der Waals surface area contributed by atoms with Crippen molar-refractivity contribution < 1.29 is 38.9 Å². The number of hydrogen-bond donors (Lipinski definition) is 2. The van der Waals surface area contributed by atoms with Gasteiger partial charge in [-0.15, -0.1) is 0 Å². The van der Waals surface area contributed by atoms with Gasteiger partial charge in [0.15, 0.2) is 0 Å². The first-order valence-corrected chi connectivity index (χ1v) is 7.52. The quantitative estimate of drug-likeness (QED) is 0.441. The summed E-state index contributed by atoms with van der Waals surface area (Å²) in [5.74, 6) is -5.53. The van der Waals surface area contributed by atoms with Gasteiger partial charge in [0.25, 0.3) is 0 Å². The van der Waals surface area contributed by atoms with Gasteiger partial charge in [-0.05, 0) is 27.7 Å². The van der Waals surface area contributed by atoms with Crippen molar-refractivity contribution in [1.82, 2.24) is 0 Å².